The Hall–Kier alpha value is -3.94. The van der Waals surface area contributed by atoms with E-state index in [0.717, 1.165) is 17.0 Å². The number of hydrogen-bond acceptors (Lipinski definition) is 6. The van der Waals surface area contributed by atoms with Crippen molar-refractivity contribution in [1.82, 2.24) is 19.8 Å². The monoisotopic (exact) mass is 403 g/mol. The van der Waals surface area contributed by atoms with Crippen LogP contribution in [0.5, 0.6) is 11.5 Å². The highest BCUT2D eigenvalue weighted by molar-refractivity contribution is 5.94. The van der Waals surface area contributed by atoms with Gasteiger partial charge in [0, 0.05) is 11.3 Å². The minimum absolute atomic E-state index is 0.249. The van der Waals surface area contributed by atoms with Gasteiger partial charge in [0.25, 0.3) is 5.91 Å². The SMILES string of the molecule is COc1ccc(OC(C)C(=O)Nc2cccc(-c3ccc4nnc(C)n4n3)c2)cc1. The molecule has 0 radical (unpaired) electrons. The molecule has 152 valence electrons. The molecule has 1 unspecified atom stereocenters. The second-order valence-electron chi connectivity index (χ2n) is 6.74. The van der Waals surface area contributed by atoms with E-state index in [1.54, 1.807) is 42.8 Å². The third-order valence-electron chi connectivity index (χ3n) is 4.59. The number of benzene rings is 2. The zero-order chi connectivity index (χ0) is 21.1. The van der Waals surface area contributed by atoms with Crippen LogP contribution in [-0.4, -0.2) is 38.9 Å². The van der Waals surface area contributed by atoms with Gasteiger partial charge in [0.1, 0.15) is 11.5 Å². The molecular formula is C22H21N5O3. The highest BCUT2D eigenvalue weighted by Gasteiger charge is 2.15. The van der Waals surface area contributed by atoms with Crippen molar-refractivity contribution in [3.05, 3.63) is 66.5 Å². The summed E-state index contributed by atoms with van der Waals surface area (Å²) in [5.41, 5.74) is 2.96. The summed E-state index contributed by atoms with van der Waals surface area (Å²) in [6.45, 7) is 3.55. The van der Waals surface area contributed by atoms with E-state index in [0.29, 0.717) is 22.9 Å². The molecule has 0 aliphatic heterocycles. The van der Waals surface area contributed by atoms with E-state index in [2.05, 4.69) is 20.6 Å². The van der Waals surface area contributed by atoms with Crippen molar-refractivity contribution >= 4 is 17.2 Å². The normalized spacial score (nSPS) is 11.8. The van der Waals surface area contributed by atoms with Gasteiger partial charge in [-0.15, -0.1) is 10.2 Å². The summed E-state index contributed by atoms with van der Waals surface area (Å²) in [6, 6.07) is 18.3. The molecule has 4 aromatic rings. The van der Waals surface area contributed by atoms with Crippen LogP contribution in [0.3, 0.4) is 0 Å². The summed E-state index contributed by atoms with van der Waals surface area (Å²) in [4.78, 5) is 12.6. The van der Waals surface area contributed by atoms with Crippen molar-refractivity contribution in [3.8, 4) is 22.8 Å². The molecule has 1 N–H and O–H groups in total. The van der Waals surface area contributed by atoms with Gasteiger partial charge in [0.05, 0.1) is 12.8 Å². The van der Waals surface area contributed by atoms with Crippen molar-refractivity contribution in [1.29, 1.82) is 0 Å². The summed E-state index contributed by atoms with van der Waals surface area (Å²) >= 11 is 0. The standard InChI is InChI=1S/C22H21N5O3/c1-14(30-19-9-7-18(29-3)8-10-19)22(28)23-17-6-4-5-16(13-17)20-11-12-21-25-24-15(2)27(21)26-20/h4-14H,1-3H3,(H,23,28). The predicted molar refractivity (Wildman–Crippen MR) is 113 cm³/mol. The van der Waals surface area contributed by atoms with Crippen LogP contribution >= 0.6 is 0 Å². The molecule has 8 nitrogen and oxygen atoms in total. The van der Waals surface area contributed by atoms with E-state index >= 15 is 0 Å². The lowest BCUT2D eigenvalue weighted by molar-refractivity contribution is -0.122. The van der Waals surface area contributed by atoms with Gasteiger partial charge in [0.15, 0.2) is 17.6 Å². The summed E-state index contributed by atoms with van der Waals surface area (Å²) in [5.74, 6) is 1.78. The fraction of sp³-hybridized carbons (Fsp3) is 0.182. The first kappa shape index (κ1) is 19.4. The van der Waals surface area contributed by atoms with Crippen LogP contribution in [0.2, 0.25) is 0 Å². The second kappa shape index (κ2) is 8.20. The molecule has 1 atom stereocenters. The van der Waals surface area contributed by atoms with Crippen LogP contribution in [0, 0.1) is 6.92 Å². The van der Waals surface area contributed by atoms with Crippen molar-refractivity contribution in [2.45, 2.75) is 20.0 Å². The quantitative estimate of drug-likeness (QED) is 0.530. The first-order valence-corrected chi connectivity index (χ1v) is 9.44. The van der Waals surface area contributed by atoms with Gasteiger partial charge < -0.3 is 14.8 Å². The van der Waals surface area contributed by atoms with Crippen molar-refractivity contribution in [2.75, 3.05) is 12.4 Å². The van der Waals surface area contributed by atoms with E-state index in [4.69, 9.17) is 9.47 Å². The molecular weight excluding hydrogens is 382 g/mol. The topological polar surface area (TPSA) is 90.6 Å². The molecule has 30 heavy (non-hydrogen) atoms. The predicted octanol–water partition coefficient (Wildman–Crippen LogP) is 3.51. The van der Waals surface area contributed by atoms with E-state index < -0.39 is 6.10 Å². The van der Waals surface area contributed by atoms with Crippen LogP contribution in [0.1, 0.15) is 12.7 Å². The molecule has 0 spiro atoms. The number of aryl methyl sites for hydroxylation is 1. The lowest BCUT2D eigenvalue weighted by Crippen LogP contribution is -2.30. The summed E-state index contributed by atoms with van der Waals surface area (Å²) in [7, 11) is 1.60. The number of amides is 1. The number of carbonyl (C=O) groups excluding carboxylic acids is 1. The third kappa shape index (κ3) is 4.07. The zero-order valence-corrected chi connectivity index (χ0v) is 16.9. The molecule has 8 heteroatoms. The maximum absolute atomic E-state index is 12.6. The summed E-state index contributed by atoms with van der Waals surface area (Å²) in [5, 5.41) is 15.5. The summed E-state index contributed by atoms with van der Waals surface area (Å²) in [6.07, 6.45) is -0.670. The van der Waals surface area contributed by atoms with Crippen LogP contribution < -0.4 is 14.8 Å². The van der Waals surface area contributed by atoms with Gasteiger partial charge in [-0.2, -0.15) is 9.61 Å². The van der Waals surface area contributed by atoms with Crippen LogP contribution in [-0.2, 0) is 4.79 Å². The van der Waals surface area contributed by atoms with Gasteiger partial charge in [-0.3, -0.25) is 4.79 Å². The molecule has 4 rings (SSSR count). The molecule has 0 aliphatic carbocycles. The first-order valence-electron chi connectivity index (χ1n) is 9.44. The molecule has 0 saturated heterocycles. The molecule has 0 bridgehead atoms. The number of nitrogens with one attached hydrogen (secondary N) is 1. The van der Waals surface area contributed by atoms with E-state index in [9.17, 15) is 4.79 Å². The minimum Gasteiger partial charge on any atom is -0.497 e. The van der Waals surface area contributed by atoms with Crippen molar-refractivity contribution < 1.29 is 14.3 Å². The average Bonchev–Trinajstić information content (AvgIpc) is 3.14. The van der Waals surface area contributed by atoms with Crippen LogP contribution in [0.4, 0.5) is 5.69 Å². The van der Waals surface area contributed by atoms with Gasteiger partial charge in [-0.25, -0.2) is 0 Å². The second-order valence-corrected chi connectivity index (χ2v) is 6.74. The van der Waals surface area contributed by atoms with Gasteiger partial charge in [-0.05, 0) is 62.4 Å². The number of hydrogen-bond donors (Lipinski definition) is 1. The molecule has 1 amide bonds. The Morgan fingerprint density at radius 3 is 2.57 bits per heavy atom. The molecule has 0 fully saturated rings. The Labute approximate surface area is 173 Å². The Kier molecular flexibility index (Phi) is 5.30. The smallest absolute Gasteiger partial charge is 0.265 e. The van der Waals surface area contributed by atoms with Gasteiger partial charge in [-0.1, -0.05) is 12.1 Å². The Morgan fingerprint density at radius 1 is 1.03 bits per heavy atom. The number of carbonyl (C=O) groups is 1. The van der Waals surface area contributed by atoms with Gasteiger partial charge >= 0.3 is 0 Å². The molecule has 2 aromatic heterocycles. The highest BCUT2D eigenvalue weighted by Crippen LogP contribution is 2.22. The largest absolute Gasteiger partial charge is 0.497 e. The lowest BCUT2D eigenvalue weighted by Gasteiger charge is -2.15. The summed E-state index contributed by atoms with van der Waals surface area (Å²) < 4.78 is 12.5. The average molecular weight is 403 g/mol. The van der Waals surface area contributed by atoms with E-state index in [-0.39, 0.29) is 5.91 Å². The number of methoxy groups -OCH3 is 1. The fourth-order valence-corrected chi connectivity index (χ4v) is 2.96. The zero-order valence-electron chi connectivity index (χ0n) is 16.9. The Balaban J connectivity index is 1.47. The first-order chi connectivity index (χ1) is 14.5. The number of aromatic nitrogens is 4. The maximum Gasteiger partial charge on any atom is 0.265 e. The molecule has 2 heterocycles. The number of ether oxygens (including phenoxy) is 2. The number of anilines is 1. The molecule has 2 aromatic carbocycles. The van der Waals surface area contributed by atoms with Crippen LogP contribution in [0.25, 0.3) is 16.9 Å². The van der Waals surface area contributed by atoms with E-state index in [1.807, 2.05) is 43.3 Å². The number of rotatable bonds is 6. The third-order valence-corrected chi connectivity index (χ3v) is 4.59. The highest BCUT2D eigenvalue weighted by atomic mass is 16.5. The van der Waals surface area contributed by atoms with Crippen LogP contribution in [0.15, 0.2) is 60.7 Å². The number of nitrogens with zero attached hydrogens (tertiary/aromatic N) is 4. The molecule has 0 aliphatic rings. The van der Waals surface area contributed by atoms with Gasteiger partial charge in [0.2, 0.25) is 0 Å². The maximum atomic E-state index is 12.6. The minimum atomic E-state index is -0.670. The Morgan fingerprint density at radius 2 is 1.80 bits per heavy atom. The van der Waals surface area contributed by atoms with E-state index in [1.165, 1.54) is 0 Å². The Bertz CT molecular complexity index is 1190. The molecule has 0 saturated carbocycles. The van der Waals surface area contributed by atoms with Crippen molar-refractivity contribution in [3.63, 3.8) is 0 Å². The fourth-order valence-electron chi connectivity index (χ4n) is 2.96. The van der Waals surface area contributed by atoms with Crippen molar-refractivity contribution in [2.24, 2.45) is 0 Å². The number of fused-ring (bicyclic) bond motifs is 1. The lowest BCUT2D eigenvalue weighted by atomic mass is 10.1.